The highest BCUT2D eigenvalue weighted by Gasteiger charge is 2.22. The van der Waals surface area contributed by atoms with Crippen LogP contribution >= 0.6 is 0 Å². The summed E-state index contributed by atoms with van der Waals surface area (Å²) in [7, 11) is 0. The minimum Gasteiger partial charge on any atom is -0.390 e. The highest BCUT2D eigenvalue weighted by Crippen LogP contribution is 2.12. The molecule has 0 bridgehead atoms. The van der Waals surface area contributed by atoms with Gasteiger partial charge in [-0.05, 0) is 41.7 Å². The van der Waals surface area contributed by atoms with Crippen molar-refractivity contribution < 1.29 is 23.5 Å². The Kier molecular flexibility index (Phi) is 10.2. The minimum atomic E-state index is -1.05. The number of halogens is 2. The van der Waals surface area contributed by atoms with Crippen molar-refractivity contribution in [2.75, 3.05) is 19.6 Å². The van der Waals surface area contributed by atoms with Gasteiger partial charge in [0.1, 0.15) is 11.6 Å². The molecular weight excluding hydrogens is 418 g/mol. The van der Waals surface area contributed by atoms with Crippen LogP contribution in [0, 0.1) is 11.6 Å². The molecule has 2 amide bonds. The van der Waals surface area contributed by atoms with Gasteiger partial charge in [0.05, 0.1) is 25.2 Å². The molecule has 0 saturated heterocycles. The van der Waals surface area contributed by atoms with E-state index >= 15 is 0 Å². The number of aliphatic hydroxyl groups excluding tert-OH is 1. The Morgan fingerprint density at radius 2 is 1.72 bits per heavy atom. The van der Waals surface area contributed by atoms with E-state index in [2.05, 4.69) is 28.9 Å². The van der Waals surface area contributed by atoms with Crippen LogP contribution < -0.4 is 21.7 Å². The molecule has 174 valence electrons. The highest BCUT2D eigenvalue weighted by molar-refractivity contribution is 5.85. The van der Waals surface area contributed by atoms with Gasteiger partial charge in [0.25, 0.3) is 0 Å². The standard InChI is InChI=1S/C23H30F2N4O3/c1-2-15-4-3-5-16(6-15)12-27-13-21(30)20(29-23(32)14-28-22(31)11-26)9-17-7-18(24)10-19(25)8-17/h3-8,10,20-21,27,30H,2,9,11-14,26H2,1H3,(H,28,31)(H,29,32)/t20-,21+/m0/s1. The quantitative estimate of drug-likeness (QED) is 0.329. The Hall–Kier alpha value is -2.88. The number of carbonyl (C=O) groups is 2. The van der Waals surface area contributed by atoms with E-state index in [0.29, 0.717) is 6.54 Å². The summed E-state index contributed by atoms with van der Waals surface area (Å²) in [5, 5.41) is 18.8. The van der Waals surface area contributed by atoms with Crippen molar-refractivity contribution in [2.45, 2.75) is 38.5 Å². The van der Waals surface area contributed by atoms with Crippen LogP contribution in [0.5, 0.6) is 0 Å². The molecule has 2 aromatic rings. The summed E-state index contributed by atoms with van der Waals surface area (Å²) in [4.78, 5) is 23.5. The molecule has 32 heavy (non-hydrogen) atoms. The van der Waals surface area contributed by atoms with Crippen molar-refractivity contribution in [1.82, 2.24) is 16.0 Å². The third-order valence-corrected chi connectivity index (χ3v) is 4.90. The first-order chi connectivity index (χ1) is 15.3. The summed E-state index contributed by atoms with van der Waals surface area (Å²) in [6, 6.07) is 10.2. The van der Waals surface area contributed by atoms with Crippen molar-refractivity contribution >= 4 is 11.8 Å². The van der Waals surface area contributed by atoms with Crippen LogP contribution in [-0.2, 0) is 29.0 Å². The van der Waals surface area contributed by atoms with Crippen LogP contribution in [0.3, 0.4) is 0 Å². The normalized spacial score (nSPS) is 12.8. The van der Waals surface area contributed by atoms with E-state index < -0.39 is 35.6 Å². The van der Waals surface area contributed by atoms with Crippen molar-refractivity contribution in [3.05, 3.63) is 70.8 Å². The second kappa shape index (κ2) is 12.8. The number of aliphatic hydroxyl groups is 1. The van der Waals surface area contributed by atoms with Crippen LogP contribution in [-0.4, -0.2) is 48.7 Å². The van der Waals surface area contributed by atoms with Crippen molar-refractivity contribution in [3.8, 4) is 0 Å². The van der Waals surface area contributed by atoms with E-state index in [1.165, 1.54) is 5.56 Å². The molecule has 0 radical (unpaired) electrons. The van der Waals surface area contributed by atoms with Gasteiger partial charge in [0.15, 0.2) is 0 Å². The maximum atomic E-state index is 13.6. The van der Waals surface area contributed by atoms with Gasteiger partial charge in [-0.1, -0.05) is 31.2 Å². The van der Waals surface area contributed by atoms with Crippen LogP contribution in [0.15, 0.2) is 42.5 Å². The Morgan fingerprint density at radius 1 is 1.03 bits per heavy atom. The fourth-order valence-electron chi connectivity index (χ4n) is 3.24. The number of hydrogen-bond donors (Lipinski definition) is 5. The monoisotopic (exact) mass is 448 g/mol. The lowest BCUT2D eigenvalue weighted by Crippen LogP contribution is -2.51. The SMILES string of the molecule is CCc1cccc(CNC[C@@H](O)[C@H](Cc2cc(F)cc(F)c2)NC(=O)CNC(=O)CN)c1. The van der Waals surface area contributed by atoms with E-state index in [4.69, 9.17) is 5.73 Å². The first-order valence-corrected chi connectivity index (χ1v) is 10.5. The number of carbonyl (C=O) groups excluding carboxylic acids is 2. The smallest absolute Gasteiger partial charge is 0.239 e. The summed E-state index contributed by atoms with van der Waals surface area (Å²) in [5.74, 6) is -2.55. The molecule has 0 fully saturated rings. The Morgan fingerprint density at radius 3 is 2.38 bits per heavy atom. The van der Waals surface area contributed by atoms with Gasteiger partial charge in [0, 0.05) is 19.2 Å². The van der Waals surface area contributed by atoms with Gasteiger partial charge in [-0.3, -0.25) is 9.59 Å². The van der Waals surface area contributed by atoms with Gasteiger partial charge in [-0.25, -0.2) is 8.78 Å². The number of benzene rings is 2. The number of rotatable bonds is 12. The molecule has 0 aliphatic carbocycles. The topological polar surface area (TPSA) is 116 Å². The lowest BCUT2D eigenvalue weighted by molar-refractivity contribution is -0.126. The summed E-state index contributed by atoms with van der Waals surface area (Å²) in [6.07, 6.45) is -0.139. The number of aryl methyl sites for hydroxylation is 1. The van der Waals surface area contributed by atoms with Crippen LogP contribution in [0.1, 0.15) is 23.6 Å². The van der Waals surface area contributed by atoms with E-state index in [9.17, 15) is 23.5 Å². The summed E-state index contributed by atoms with van der Waals surface area (Å²) in [6.45, 7) is 2.12. The maximum absolute atomic E-state index is 13.6. The molecule has 0 heterocycles. The van der Waals surface area contributed by atoms with Gasteiger partial charge < -0.3 is 26.8 Å². The lowest BCUT2D eigenvalue weighted by atomic mass is 10.0. The second-order valence-corrected chi connectivity index (χ2v) is 7.51. The van der Waals surface area contributed by atoms with Gasteiger partial charge >= 0.3 is 0 Å². The van der Waals surface area contributed by atoms with Crippen molar-refractivity contribution in [2.24, 2.45) is 5.73 Å². The lowest BCUT2D eigenvalue weighted by Gasteiger charge is -2.25. The summed E-state index contributed by atoms with van der Waals surface area (Å²) in [5.41, 5.74) is 7.73. The molecule has 0 unspecified atom stereocenters. The molecule has 6 N–H and O–H groups in total. The van der Waals surface area contributed by atoms with Gasteiger partial charge in [-0.2, -0.15) is 0 Å². The molecule has 2 rings (SSSR count). The average Bonchev–Trinajstić information content (AvgIpc) is 2.76. The second-order valence-electron chi connectivity index (χ2n) is 7.51. The van der Waals surface area contributed by atoms with E-state index in [1.54, 1.807) is 0 Å². The maximum Gasteiger partial charge on any atom is 0.239 e. The molecule has 0 saturated carbocycles. The third kappa shape index (κ3) is 8.70. The summed E-state index contributed by atoms with van der Waals surface area (Å²) < 4.78 is 27.2. The molecule has 2 aromatic carbocycles. The zero-order chi connectivity index (χ0) is 23.5. The number of hydrogen-bond acceptors (Lipinski definition) is 5. The molecule has 0 aliphatic heterocycles. The van der Waals surface area contributed by atoms with Crippen molar-refractivity contribution in [3.63, 3.8) is 0 Å². The van der Waals surface area contributed by atoms with Gasteiger partial charge in [-0.15, -0.1) is 0 Å². The highest BCUT2D eigenvalue weighted by atomic mass is 19.1. The number of amides is 2. The molecule has 7 nitrogen and oxygen atoms in total. The largest absolute Gasteiger partial charge is 0.390 e. The Labute approximate surface area is 186 Å². The minimum absolute atomic E-state index is 0.000574. The predicted octanol–water partition coefficient (Wildman–Crippen LogP) is 0.780. The zero-order valence-corrected chi connectivity index (χ0v) is 18.0. The molecule has 0 aliphatic rings. The molecule has 0 aromatic heterocycles. The van der Waals surface area contributed by atoms with E-state index in [1.807, 2.05) is 18.2 Å². The van der Waals surface area contributed by atoms with Crippen molar-refractivity contribution in [1.29, 1.82) is 0 Å². The fraction of sp³-hybridized carbons (Fsp3) is 0.391. The van der Waals surface area contributed by atoms with Crippen LogP contribution in [0.2, 0.25) is 0 Å². The van der Waals surface area contributed by atoms with Crippen LogP contribution in [0.25, 0.3) is 0 Å². The van der Waals surface area contributed by atoms with E-state index in [0.717, 1.165) is 30.2 Å². The molecule has 2 atom stereocenters. The number of nitrogens with one attached hydrogen (secondary N) is 3. The van der Waals surface area contributed by atoms with Gasteiger partial charge in [0.2, 0.25) is 11.8 Å². The fourth-order valence-corrected chi connectivity index (χ4v) is 3.24. The third-order valence-electron chi connectivity index (χ3n) is 4.90. The predicted molar refractivity (Wildman–Crippen MR) is 118 cm³/mol. The van der Waals surface area contributed by atoms with Crippen LogP contribution in [0.4, 0.5) is 8.78 Å². The molecule has 0 spiro atoms. The Balaban J connectivity index is 2.02. The number of nitrogens with two attached hydrogens (primary N) is 1. The summed E-state index contributed by atoms with van der Waals surface area (Å²) >= 11 is 0. The first kappa shape index (κ1) is 25.4. The first-order valence-electron chi connectivity index (χ1n) is 10.5. The molecular formula is C23H30F2N4O3. The Bertz CT molecular complexity index is 890. The molecule has 9 heteroatoms. The van der Waals surface area contributed by atoms with E-state index in [-0.39, 0.29) is 31.6 Å². The average molecular weight is 449 g/mol. The zero-order valence-electron chi connectivity index (χ0n) is 18.0.